The summed E-state index contributed by atoms with van der Waals surface area (Å²) in [6, 6.07) is 5.01. The van der Waals surface area contributed by atoms with Crippen molar-refractivity contribution in [2.45, 2.75) is 6.54 Å². The minimum absolute atomic E-state index is 0.0192. The molecule has 0 saturated carbocycles. The molecule has 0 fully saturated rings. The Morgan fingerprint density at radius 3 is 3.00 bits per heavy atom. The number of halogens is 2. The van der Waals surface area contributed by atoms with E-state index in [-0.39, 0.29) is 37.0 Å². The molecule has 0 radical (unpaired) electrons. The van der Waals surface area contributed by atoms with Crippen LogP contribution >= 0.6 is 11.6 Å². The Bertz CT molecular complexity index is 941. The molecule has 1 N–H and O–H groups in total. The number of hydrogen-bond acceptors (Lipinski definition) is 6. The van der Waals surface area contributed by atoms with Crippen LogP contribution in [0.1, 0.15) is 16.2 Å². The van der Waals surface area contributed by atoms with Gasteiger partial charge in [-0.25, -0.2) is 4.39 Å². The summed E-state index contributed by atoms with van der Waals surface area (Å²) in [5, 5.41) is 10.6. The maximum atomic E-state index is 13.1. The average molecular weight is 380 g/mol. The summed E-state index contributed by atoms with van der Waals surface area (Å²) in [7, 11) is 0. The van der Waals surface area contributed by atoms with E-state index in [0.29, 0.717) is 9.78 Å². The standard InChI is InChI=1S/C15H12ClFN6O3/c16-11-7-19-22(8-11)9-13-20-15(26-21-13)23(25)5-4-18-14(24)10-2-1-3-12(17)6-10/h1-3,6-8H,4-5,9H2/p+1. The molecule has 9 nitrogen and oxygen atoms in total. The minimum Gasteiger partial charge on any atom is -0.348 e. The van der Waals surface area contributed by atoms with Gasteiger partial charge in [0.2, 0.25) is 0 Å². The number of benzene rings is 1. The van der Waals surface area contributed by atoms with Crippen molar-refractivity contribution in [3.8, 4) is 0 Å². The molecule has 0 aliphatic heterocycles. The van der Waals surface area contributed by atoms with Gasteiger partial charge in [-0.1, -0.05) is 22.6 Å². The number of aromatic nitrogens is 4. The van der Waals surface area contributed by atoms with Gasteiger partial charge in [-0.05, 0) is 23.4 Å². The Kier molecular flexibility index (Phi) is 5.32. The zero-order chi connectivity index (χ0) is 18.5. The van der Waals surface area contributed by atoms with E-state index in [2.05, 4.69) is 20.6 Å². The van der Waals surface area contributed by atoms with Crippen LogP contribution in [0.15, 0.2) is 41.2 Å². The van der Waals surface area contributed by atoms with Gasteiger partial charge in [-0.2, -0.15) is 5.10 Å². The fraction of sp³-hybridized carbons (Fsp3) is 0.200. The van der Waals surface area contributed by atoms with Crippen molar-refractivity contribution in [1.82, 2.24) is 25.2 Å². The van der Waals surface area contributed by atoms with Crippen LogP contribution in [0.25, 0.3) is 0 Å². The number of carbonyl (C=O) groups is 1. The van der Waals surface area contributed by atoms with E-state index in [1.54, 1.807) is 6.20 Å². The van der Waals surface area contributed by atoms with Gasteiger partial charge < -0.3 is 5.32 Å². The Labute approximate surface area is 151 Å². The second-order valence-electron chi connectivity index (χ2n) is 5.22. The Balaban J connectivity index is 1.50. The summed E-state index contributed by atoms with van der Waals surface area (Å²) in [4.78, 5) is 27.8. The lowest BCUT2D eigenvalue weighted by Crippen LogP contribution is -2.29. The highest BCUT2D eigenvalue weighted by atomic mass is 35.5. The molecule has 134 valence electrons. The molecule has 0 unspecified atom stereocenters. The molecule has 0 aliphatic carbocycles. The zero-order valence-electron chi connectivity index (χ0n) is 13.3. The molecular formula is C15H13ClFN6O3+. The Morgan fingerprint density at radius 1 is 1.42 bits per heavy atom. The molecule has 0 spiro atoms. The zero-order valence-corrected chi connectivity index (χ0v) is 14.1. The number of nitrogens with zero attached hydrogens (tertiary/aromatic N) is 5. The van der Waals surface area contributed by atoms with E-state index in [0.717, 1.165) is 6.07 Å². The molecular weight excluding hydrogens is 367 g/mol. The number of nitrogens with one attached hydrogen (secondary N) is 1. The second-order valence-corrected chi connectivity index (χ2v) is 5.65. The first kappa shape index (κ1) is 17.7. The predicted molar refractivity (Wildman–Crippen MR) is 87.5 cm³/mol. The third-order valence-electron chi connectivity index (χ3n) is 3.26. The average Bonchev–Trinajstić information content (AvgIpc) is 3.24. The summed E-state index contributed by atoms with van der Waals surface area (Å²) >= 11 is 5.76. The van der Waals surface area contributed by atoms with E-state index in [4.69, 9.17) is 16.1 Å². The fourth-order valence-corrected chi connectivity index (χ4v) is 2.23. The highest BCUT2D eigenvalue weighted by Gasteiger charge is 2.24. The number of nitroso groups, excluding NO2 is 1. The highest BCUT2D eigenvalue weighted by Crippen LogP contribution is 2.10. The molecule has 2 aromatic heterocycles. The minimum atomic E-state index is -0.514. The third-order valence-corrected chi connectivity index (χ3v) is 3.46. The van der Waals surface area contributed by atoms with Crippen LogP contribution in [0.2, 0.25) is 5.02 Å². The van der Waals surface area contributed by atoms with E-state index in [1.807, 2.05) is 0 Å². The molecule has 0 atom stereocenters. The lowest BCUT2D eigenvalue weighted by atomic mass is 10.2. The van der Waals surface area contributed by atoms with Crippen molar-refractivity contribution in [3.63, 3.8) is 0 Å². The van der Waals surface area contributed by atoms with Gasteiger partial charge in [0.15, 0.2) is 6.54 Å². The first-order valence-electron chi connectivity index (χ1n) is 7.50. The topological polar surface area (TPSA) is 106 Å². The van der Waals surface area contributed by atoms with Crippen molar-refractivity contribution in [2.24, 2.45) is 0 Å². The summed E-state index contributed by atoms with van der Waals surface area (Å²) in [5.41, 5.74) is 0.167. The summed E-state index contributed by atoms with van der Waals surface area (Å²) in [6.45, 7) is 0.0992. The lowest BCUT2D eigenvalue weighted by molar-refractivity contribution is -0.480. The van der Waals surface area contributed by atoms with E-state index < -0.39 is 11.7 Å². The Hall–Kier alpha value is -3.14. The normalized spacial score (nSPS) is 10.7. The van der Waals surface area contributed by atoms with Crippen LogP contribution in [0.3, 0.4) is 0 Å². The molecule has 3 aromatic rings. The van der Waals surface area contributed by atoms with Gasteiger partial charge in [0.25, 0.3) is 5.91 Å². The third kappa shape index (κ3) is 4.48. The second kappa shape index (κ2) is 7.83. The van der Waals surface area contributed by atoms with Crippen molar-refractivity contribution < 1.29 is 18.5 Å². The van der Waals surface area contributed by atoms with Crippen LogP contribution in [-0.4, -0.2) is 43.7 Å². The monoisotopic (exact) mass is 379 g/mol. The summed E-state index contributed by atoms with van der Waals surface area (Å²) in [6.07, 6.45) is 3.04. The van der Waals surface area contributed by atoms with Gasteiger partial charge in [-0.3, -0.25) is 14.0 Å². The molecule has 1 aromatic carbocycles. The first-order valence-corrected chi connectivity index (χ1v) is 7.88. The van der Waals surface area contributed by atoms with Gasteiger partial charge in [0.05, 0.1) is 17.8 Å². The molecule has 0 saturated heterocycles. The van der Waals surface area contributed by atoms with Gasteiger partial charge in [0, 0.05) is 21.5 Å². The van der Waals surface area contributed by atoms with Crippen molar-refractivity contribution in [2.75, 3.05) is 13.1 Å². The van der Waals surface area contributed by atoms with Crippen LogP contribution < -0.4 is 5.32 Å². The van der Waals surface area contributed by atoms with Crippen LogP contribution in [0.5, 0.6) is 0 Å². The number of carbonyl (C=O) groups excluding carboxylic acids is 1. The van der Waals surface area contributed by atoms with Gasteiger partial charge in [0.1, 0.15) is 12.4 Å². The Morgan fingerprint density at radius 2 is 2.27 bits per heavy atom. The molecule has 3 rings (SSSR count). The van der Waals surface area contributed by atoms with Gasteiger partial charge in [-0.15, -0.1) is 0 Å². The molecule has 2 heterocycles. The molecule has 11 heteroatoms. The largest absolute Gasteiger partial charge is 0.566 e. The van der Waals surface area contributed by atoms with Gasteiger partial charge >= 0.3 is 11.8 Å². The summed E-state index contributed by atoms with van der Waals surface area (Å²) in [5.74, 6) is -0.746. The highest BCUT2D eigenvalue weighted by molar-refractivity contribution is 6.30. The van der Waals surface area contributed by atoms with Crippen molar-refractivity contribution in [1.29, 1.82) is 0 Å². The maximum Gasteiger partial charge on any atom is 0.566 e. The smallest absolute Gasteiger partial charge is 0.348 e. The fourth-order valence-electron chi connectivity index (χ4n) is 2.08. The van der Waals surface area contributed by atoms with E-state index >= 15 is 0 Å². The lowest BCUT2D eigenvalue weighted by Gasteiger charge is -2.02. The molecule has 1 amide bonds. The predicted octanol–water partition coefficient (Wildman–Crippen LogP) is 1.95. The number of hydrogen-bond donors (Lipinski definition) is 1. The van der Waals surface area contributed by atoms with E-state index in [9.17, 15) is 14.1 Å². The number of rotatable bonds is 7. The van der Waals surface area contributed by atoms with Crippen molar-refractivity contribution in [3.05, 3.63) is 63.8 Å². The molecule has 26 heavy (non-hydrogen) atoms. The summed E-state index contributed by atoms with van der Waals surface area (Å²) < 4.78 is 19.9. The quantitative estimate of drug-likeness (QED) is 0.629. The van der Waals surface area contributed by atoms with Crippen molar-refractivity contribution >= 4 is 23.5 Å². The van der Waals surface area contributed by atoms with Crippen LogP contribution in [-0.2, 0) is 6.54 Å². The molecule has 0 aliphatic rings. The SMILES string of the molecule is O=C(NCC[N+](=O)c1nc(Cn2cc(Cl)cn2)no1)c1cccc(F)c1. The first-order chi connectivity index (χ1) is 12.5. The maximum absolute atomic E-state index is 13.1. The van der Waals surface area contributed by atoms with Crippen LogP contribution in [0.4, 0.5) is 10.4 Å². The molecule has 0 bridgehead atoms. The van der Waals surface area contributed by atoms with Crippen LogP contribution in [0, 0.1) is 10.7 Å². The number of amides is 1. The van der Waals surface area contributed by atoms with E-state index in [1.165, 1.54) is 29.1 Å².